The second-order valence-corrected chi connectivity index (χ2v) is 8.89. The number of methoxy groups -OCH3 is 1. The highest BCUT2D eigenvalue weighted by Crippen LogP contribution is 2.34. The number of nitrogens with one attached hydrogen (secondary N) is 1. The number of H-pyrrole nitrogens is 1. The molecule has 36 heavy (non-hydrogen) atoms. The molecule has 0 saturated carbocycles. The van der Waals surface area contributed by atoms with Gasteiger partial charge in [0.25, 0.3) is 0 Å². The van der Waals surface area contributed by atoms with E-state index in [1.807, 2.05) is 19.2 Å². The molecule has 3 heterocycles. The van der Waals surface area contributed by atoms with Crippen molar-refractivity contribution in [1.29, 1.82) is 0 Å². The normalized spacial score (nSPS) is 13.9. The van der Waals surface area contributed by atoms with Gasteiger partial charge in [-0.2, -0.15) is 0 Å². The standard InChI is InChI=1S/C27H31N3O4.2ClH/c1-18-19(2)27(31)34-24-17-25(32-3)26(16-21(18)24)33-15-5-10-29-11-13-30(14-12-29)23-7-4-6-22-20(23)8-9-28-22;;/h4,6-9,16-17,28H,5,10-15H2,1-3H3;2*1H. The van der Waals surface area contributed by atoms with Crippen molar-refractivity contribution in [3.05, 3.63) is 64.1 Å². The molecule has 4 aromatic rings. The van der Waals surface area contributed by atoms with Crippen LogP contribution in [0.15, 0.2) is 51.8 Å². The van der Waals surface area contributed by atoms with E-state index in [9.17, 15) is 4.79 Å². The Bertz CT molecular complexity index is 1380. The fourth-order valence-corrected chi connectivity index (χ4v) is 4.75. The number of aromatic nitrogens is 1. The molecule has 0 unspecified atom stereocenters. The van der Waals surface area contributed by atoms with Crippen LogP contribution in [0.2, 0.25) is 0 Å². The predicted molar refractivity (Wildman–Crippen MR) is 150 cm³/mol. The van der Waals surface area contributed by atoms with Gasteiger partial charge >= 0.3 is 5.63 Å². The van der Waals surface area contributed by atoms with Crippen LogP contribution in [0.25, 0.3) is 21.9 Å². The van der Waals surface area contributed by atoms with E-state index in [1.54, 1.807) is 20.1 Å². The summed E-state index contributed by atoms with van der Waals surface area (Å²) in [4.78, 5) is 20.3. The summed E-state index contributed by atoms with van der Waals surface area (Å²) in [6, 6.07) is 12.3. The maximum atomic E-state index is 12.0. The molecule has 5 rings (SSSR count). The van der Waals surface area contributed by atoms with Gasteiger partial charge in [-0.1, -0.05) is 6.07 Å². The number of rotatable bonds is 7. The number of anilines is 1. The molecule has 1 fully saturated rings. The van der Waals surface area contributed by atoms with Gasteiger partial charge in [-0.3, -0.25) is 4.90 Å². The number of aromatic amines is 1. The van der Waals surface area contributed by atoms with Gasteiger partial charge in [-0.25, -0.2) is 4.79 Å². The first-order chi connectivity index (χ1) is 16.5. The van der Waals surface area contributed by atoms with Crippen LogP contribution in [-0.2, 0) is 0 Å². The lowest BCUT2D eigenvalue weighted by molar-refractivity contribution is 0.221. The topological polar surface area (TPSA) is 70.9 Å². The monoisotopic (exact) mass is 533 g/mol. The van der Waals surface area contributed by atoms with Gasteiger partial charge in [0.05, 0.1) is 13.7 Å². The first-order valence-corrected chi connectivity index (χ1v) is 11.8. The van der Waals surface area contributed by atoms with Gasteiger partial charge in [0, 0.05) is 72.5 Å². The minimum absolute atomic E-state index is 0. The molecule has 2 aromatic heterocycles. The molecule has 2 aromatic carbocycles. The average molecular weight is 534 g/mol. The molecule has 0 atom stereocenters. The number of nitrogens with zero attached hydrogens (tertiary/aromatic N) is 2. The third-order valence-corrected chi connectivity index (χ3v) is 6.90. The molecular weight excluding hydrogens is 501 g/mol. The van der Waals surface area contributed by atoms with Crippen LogP contribution >= 0.6 is 24.8 Å². The van der Waals surface area contributed by atoms with E-state index in [0.717, 1.165) is 50.1 Å². The van der Waals surface area contributed by atoms with E-state index in [-0.39, 0.29) is 30.4 Å². The Kier molecular flexibility index (Phi) is 9.17. The zero-order chi connectivity index (χ0) is 23.7. The zero-order valence-corrected chi connectivity index (χ0v) is 22.5. The second kappa shape index (κ2) is 11.9. The van der Waals surface area contributed by atoms with E-state index in [2.05, 4.69) is 39.0 Å². The summed E-state index contributed by atoms with van der Waals surface area (Å²) in [6.45, 7) is 9.42. The molecule has 1 aliphatic rings. The zero-order valence-electron chi connectivity index (χ0n) is 20.8. The Morgan fingerprint density at radius 1 is 0.972 bits per heavy atom. The average Bonchev–Trinajstić information content (AvgIpc) is 3.35. The Morgan fingerprint density at radius 2 is 1.75 bits per heavy atom. The lowest BCUT2D eigenvalue weighted by Gasteiger charge is -2.36. The molecule has 1 saturated heterocycles. The summed E-state index contributed by atoms with van der Waals surface area (Å²) < 4.78 is 17.0. The van der Waals surface area contributed by atoms with Crippen LogP contribution in [0, 0.1) is 13.8 Å². The number of aryl methyl sites for hydroxylation is 1. The third kappa shape index (κ3) is 5.43. The fraction of sp³-hybridized carbons (Fsp3) is 0.370. The van der Waals surface area contributed by atoms with E-state index >= 15 is 0 Å². The number of hydrogen-bond acceptors (Lipinski definition) is 6. The van der Waals surface area contributed by atoms with Crippen molar-refractivity contribution < 1.29 is 13.9 Å². The minimum Gasteiger partial charge on any atom is -0.493 e. The molecule has 1 aliphatic heterocycles. The number of hydrogen-bond donors (Lipinski definition) is 1. The number of piperazine rings is 1. The highest BCUT2D eigenvalue weighted by atomic mass is 35.5. The Labute approximate surface area is 223 Å². The van der Waals surface area contributed by atoms with Crippen molar-refractivity contribution in [3.63, 3.8) is 0 Å². The van der Waals surface area contributed by atoms with Crippen LogP contribution < -0.4 is 20.0 Å². The molecule has 9 heteroatoms. The lowest BCUT2D eigenvalue weighted by Crippen LogP contribution is -2.46. The minimum atomic E-state index is -0.314. The molecule has 194 valence electrons. The fourth-order valence-electron chi connectivity index (χ4n) is 4.75. The van der Waals surface area contributed by atoms with Crippen molar-refractivity contribution in [3.8, 4) is 11.5 Å². The smallest absolute Gasteiger partial charge is 0.339 e. The van der Waals surface area contributed by atoms with E-state index in [1.165, 1.54) is 16.6 Å². The van der Waals surface area contributed by atoms with Crippen LogP contribution in [0.5, 0.6) is 11.5 Å². The van der Waals surface area contributed by atoms with Crippen molar-refractivity contribution in [2.24, 2.45) is 0 Å². The highest BCUT2D eigenvalue weighted by molar-refractivity contribution is 5.92. The summed E-state index contributed by atoms with van der Waals surface area (Å²) in [5.74, 6) is 1.25. The second-order valence-electron chi connectivity index (χ2n) is 8.89. The van der Waals surface area contributed by atoms with Crippen LogP contribution in [0.3, 0.4) is 0 Å². The quantitative estimate of drug-likeness (QED) is 0.255. The van der Waals surface area contributed by atoms with Gasteiger partial charge in [0.1, 0.15) is 5.58 Å². The van der Waals surface area contributed by atoms with Crippen LogP contribution in [0.1, 0.15) is 17.5 Å². The molecule has 0 bridgehead atoms. The molecular formula is C27H33Cl2N3O4. The third-order valence-electron chi connectivity index (χ3n) is 6.90. The number of halogens is 2. The first-order valence-electron chi connectivity index (χ1n) is 11.8. The maximum Gasteiger partial charge on any atom is 0.339 e. The van der Waals surface area contributed by atoms with Crippen molar-refractivity contribution in [1.82, 2.24) is 9.88 Å². The van der Waals surface area contributed by atoms with Crippen molar-refractivity contribution >= 4 is 52.4 Å². The van der Waals surface area contributed by atoms with Gasteiger partial charge < -0.3 is 23.8 Å². The Balaban J connectivity index is 0.00000180. The van der Waals surface area contributed by atoms with Crippen LogP contribution in [-0.4, -0.2) is 56.3 Å². The molecule has 0 radical (unpaired) electrons. The van der Waals surface area contributed by atoms with Gasteiger partial charge in [-0.05, 0) is 50.1 Å². The summed E-state index contributed by atoms with van der Waals surface area (Å²) in [6.07, 6.45) is 2.93. The van der Waals surface area contributed by atoms with Crippen molar-refractivity contribution in [2.45, 2.75) is 20.3 Å². The van der Waals surface area contributed by atoms with Gasteiger partial charge in [0.2, 0.25) is 0 Å². The number of benzene rings is 2. The van der Waals surface area contributed by atoms with Crippen LogP contribution in [0.4, 0.5) is 5.69 Å². The SMILES string of the molecule is COc1cc2oc(=O)c(C)c(C)c2cc1OCCCN1CCN(c2cccc3[nH]ccc23)CC1.Cl.Cl. The largest absolute Gasteiger partial charge is 0.493 e. The van der Waals surface area contributed by atoms with E-state index < -0.39 is 0 Å². The first kappa shape index (κ1) is 27.7. The molecule has 0 amide bonds. The van der Waals surface area contributed by atoms with Gasteiger partial charge in [-0.15, -0.1) is 24.8 Å². The molecule has 0 spiro atoms. The Morgan fingerprint density at radius 3 is 2.50 bits per heavy atom. The van der Waals surface area contributed by atoms with Gasteiger partial charge in [0.15, 0.2) is 11.5 Å². The molecule has 1 N–H and O–H groups in total. The molecule has 0 aliphatic carbocycles. The number of ether oxygens (including phenoxy) is 2. The Hall–Kier alpha value is -2.87. The van der Waals surface area contributed by atoms with E-state index in [4.69, 9.17) is 13.9 Å². The molecule has 7 nitrogen and oxygen atoms in total. The van der Waals surface area contributed by atoms with E-state index in [0.29, 0.717) is 29.3 Å². The number of fused-ring (bicyclic) bond motifs is 2. The lowest BCUT2D eigenvalue weighted by atomic mass is 10.1. The highest BCUT2D eigenvalue weighted by Gasteiger charge is 2.19. The summed E-state index contributed by atoms with van der Waals surface area (Å²) in [5, 5.41) is 2.17. The predicted octanol–water partition coefficient (Wildman–Crippen LogP) is 5.33. The summed E-state index contributed by atoms with van der Waals surface area (Å²) in [5.41, 5.74) is 4.23. The summed E-state index contributed by atoms with van der Waals surface area (Å²) >= 11 is 0. The van der Waals surface area contributed by atoms with Crippen molar-refractivity contribution in [2.75, 3.05) is 51.3 Å². The maximum absolute atomic E-state index is 12.0. The summed E-state index contributed by atoms with van der Waals surface area (Å²) in [7, 11) is 1.60.